The Bertz CT molecular complexity index is 1070. The highest BCUT2D eigenvalue weighted by atomic mass is 32.2. The molecule has 0 aromatic heterocycles. The first-order valence-electron chi connectivity index (χ1n) is 8.95. The maximum atomic E-state index is 12.9. The van der Waals surface area contributed by atoms with E-state index >= 15 is 0 Å². The van der Waals surface area contributed by atoms with Crippen molar-refractivity contribution in [1.82, 2.24) is 4.72 Å². The minimum absolute atomic E-state index is 0.116. The molecule has 0 saturated carbocycles. The molecule has 0 aliphatic carbocycles. The number of nitrogens with zero attached hydrogens (tertiary/aromatic N) is 1. The van der Waals surface area contributed by atoms with Gasteiger partial charge < -0.3 is 5.73 Å². The molecule has 3 N–H and O–H groups in total. The molecule has 0 radical (unpaired) electrons. The first-order chi connectivity index (χ1) is 13.9. The van der Waals surface area contributed by atoms with Crippen LogP contribution in [-0.4, -0.2) is 13.3 Å². The van der Waals surface area contributed by atoms with E-state index in [0.29, 0.717) is 5.56 Å². The number of nitro groups is 1. The second kappa shape index (κ2) is 8.95. The Hall–Kier alpha value is -3.07. The third kappa shape index (κ3) is 5.26. The first kappa shape index (κ1) is 20.7. The van der Waals surface area contributed by atoms with Gasteiger partial charge in [-0.15, -0.1) is 0 Å². The van der Waals surface area contributed by atoms with Gasteiger partial charge in [0.05, 0.1) is 22.8 Å². The Morgan fingerprint density at radius 2 is 1.38 bits per heavy atom. The lowest BCUT2D eigenvalue weighted by atomic mass is 9.95. The molecule has 0 aliphatic rings. The summed E-state index contributed by atoms with van der Waals surface area (Å²) in [6, 6.07) is 22.6. The van der Waals surface area contributed by atoms with E-state index in [0.717, 1.165) is 5.56 Å². The zero-order chi connectivity index (χ0) is 20.9. The fraction of sp³-hybridized carbons (Fsp3) is 0.143. The topological polar surface area (TPSA) is 115 Å². The van der Waals surface area contributed by atoms with E-state index in [1.54, 1.807) is 30.3 Å². The fourth-order valence-electron chi connectivity index (χ4n) is 3.13. The van der Waals surface area contributed by atoms with Crippen molar-refractivity contribution in [2.75, 3.05) is 0 Å². The van der Waals surface area contributed by atoms with E-state index in [4.69, 9.17) is 5.73 Å². The van der Waals surface area contributed by atoms with Gasteiger partial charge in [-0.2, -0.15) is 0 Å². The number of hydrogen-bond donors (Lipinski definition) is 2. The summed E-state index contributed by atoms with van der Waals surface area (Å²) in [5.41, 5.74) is 7.77. The minimum atomic E-state index is -3.93. The third-order valence-electron chi connectivity index (χ3n) is 4.54. The number of nitro benzene ring substituents is 1. The van der Waals surface area contributed by atoms with E-state index in [9.17, 15) is 18.5 Å². The first-order valence-corrected chi connectivity index (χ1v) is 10.6. The monoisotopic (exact) mass is 411 g/mol. The average Bonchev–Trinajstić information content (AvgIpc) is 2.73. The molecule has 0 aliphatic heterocycles. The highest BCUT2D eigenvalue weighted by molar-refractivity contribution is 7.88. The molecule has 2 unspecified atom stereocenters. The zero-order valence-corrected chi connectivity index (χ0v) is 16.3. The maximum absolute atomic E-state index is 12.9. The van der Waals surface area contributed by atoms with Gasteiger partial charge in [0, 0.05) is 11.6 Å². The van der Waals surface area contributed by atoms with Crippen LogP contribution in [0.2, 0.25) is 0 Å². The van der Waals surface area contributed by atoms with Gasteiger partial charge in [0.15, 0.2) is 0 Å². The van der Waals surface area contributed by atoms with Gasteiger partial charge in [-0.3, -0.25) is 10.1 Å². The van der Waals surface area contributed by atoms with Gasteiger partial charge in [-0.1, -0.05) is 78.9 Å². The Morgan fingerprint density at radius 3 is 1.97 bits per heavy atom. The average molecular weight is 411 g/mol. The fourth-order valence-corrected chi connectivity index (χ4v) is 4.53. The molecule has 3 aromatic carbocycles. The lowest BCUT2D eigenvalue weighted by Gasteiger charge is -2.26. The molecule has 8 heteroatoms. The van der Waals surface area contributed by atoms with Crippen molar-refractivity contribution in [1.29, 1.82) is 0 Å². The molecule has 0 amide bonds. The van der Waals surface area contributed by atoms with Gasteiger partial charge >= 0.3 is 0 Å². The van der Waals surface area contributed by atoms with Crippen LogP contribution in [0.15, 0.2) is 84.9 Å². The quantitative estimate of drug-likeness (QED) is 0.435. The van der Waals surface area contributed by atoms with Crippen molar-refractivity contribution in [3.8, 4) is 0 Å². The van der Waals surface area contributed by atoms with Gasteiger partial charge in [0.25, 0.3) is 5.69 Å². The van der Waals surface area contributed by atoms with Crippen LogP contribution in [0.3, 0.4) is 0 Å². The standard InChI is InChI=1S/C21H21N3O4S/c22-20(16-9-3-1-4-10-16)21(17-11-5-2-6-12-17)23-29(27,28)15-18-13-7-8-14-19(18)24(25)26/h1-14,20-21,23H,15,22H2. The normalized spacial score (nSPS) is 13.6. The van der Waals surface area contributed by atoms with E-state index in [2.05, 4.69) is 4.72 Å². The van der Waals surface area contributed by atoms with Crippen molar-refractivity contribution < 1.29 is 13.3 Å². The second-order valence-corrected chi connectivity index (χ2v) is 8.34. The Morgan fingerprint density at radius 1 is 0.862 bits per heavy atom. The van der Waals surface area contributed by atoms with Gasteiger partial charge in [-0.25, -0.2) is 13.1 Å². The maximum Gasteiger partial charge on any atom is 0.273 e. The summed E-state index contributed by atoms with van der Waals surface area (Å²) in [6.45, 7) is 0. The molecule has 3 rings (SSSR count). The van der Waals surface area contributed by atoms with E-state index < -0.39 is 32.8 Å². The lowest BCUT2D eigenvalue weighted by Crippen LogP contribution is -2.36. The van der Waals surface area contributed by atoms with Crippen LogP contribution in [0.1, 0.15) is 28.8 Å². The van der Waals surface area contributed by atoms with Crippen molar-refractivity contribution in [2.45, 2.75) is 17.8 Å². The Labute approximate surface area is 169 Å². The molecular formula is C21H21N3O4S. The summed E-state index contributed by atoms with van der Waals surface area (Å²) in [7, 11) is -3.93. The molecule has 0 spiro atoms. The lowest BCUT2D eigenvalue weighted by molar-refractivity contribution is -0.385. The molecule has 0 fully saturated rings. The third-order valence-corrected chi connectivity index (χ3v) is 5.85. The Kier molecular flexibility index (Phi) is 6.38. The number of hydrogen-bond acceptors (Lipinski definition) is 5. The summed E-state index contributed by atoms with van der Waals surface area (Å²) in [6.07, 6.45) is 0. The number of sulfonamides is 1. The molecule has 3 aromatic rings. The summed E-state index contributed by atoms with van der Waals surface area (Å²) in [4.78, 5) is 10.6. The van der Waals surface area contributed by atoms with Crippen LogP contribution in [-0.2, 0) is 15.8 Å². The molecule has 0 bridgehead atoms. The molecule has 2 atom stereocenters. The molecule has 7 nitrogen and oxygen atoms in total. The van der Waals surface area contributed by atoms with Crippen LogP contribution < -0.4 is 10.5 Å². The van der Waals surface area contributed by atoms with E-state index in [1.807, 2.05) is 36.4 Å². The predicted molar refractivity (Wildman–Crippen MR) is 111 cm³/mol. The summed E-state index contributed by atoms with van der Waals surface area (Å²) >= 11 is 0. The van der Waals surface area contributed by atoms with E-state index in [-0.39, 0.29) is 11.3 Å². The minimum Gasteiger partial charge on any atom is -0.322 e. The second-order valence-electron chi connectivity index (χ2n) is 6.59. The van der Waals surface area contributed by atoms with Gasteiger partial charge in [-0.05, 0) is 11.1 Å². The summed E-state index contributed by atoms with van der Waals surface area (Å²) in [5, 5.41) is 11.2. The summed E-state index contributed by atoms with van der Waals surface area (Å²) < 4.78 is 28.5. The number of rotatable bonds is 8. The number of benzene rings is 3. The molecule has 0 saturated heterocycles. The van der Waals surface area contributed by atoms with E-state index in [1.165, 1.54) is 18.2 Å². The van der Waals surface area contributed by atoms with Crippen LogP contribution in [0.4, 0.5) is 5.69 Å². The van der Waals surface area contributed by atoms with Crippen molar-refractivity contribution >= 4 is 15.7 Å². The molecular weight excluding hydrogens is 390 g/mol. The number of nitrogens with one attached hydrogen (secondary N) is 1. The van der Waals surface area contributed by atoms with Crippen molar-refractivity contribution in [3.63, 3.8) is 0 Å². The highest BCUT2D eigenvalue weighted by Gasteiger charge is 2.28. The van der Waals surface area contributed by atoms with Crippen molar-refractivity contribution in [3.05, 3.63) is 112 Å². The molecule has 29 heavy (non-hydrogen) atoms. The smallest absolute Gasteiger partial charge is 0.273 e. The number of para-hydroxylation sites is 1. The SMILES string of the molecule is NC(c1ccccc1)C(NS(=O)(=O)Cc1ccccc1[N+](=O)[O-])c1ccccc1. The van der Waals surface area contributed by atoms with Crippen LogP contribution in [0.5, 0.6) is 0 Å². The van der Waals surface area contributed by atoms with Crippen LogP contribution >= 0.6 is 0 Å². The van der Waals surface area contributed by atoms with Gasteiger partial charge in [0.2, 0.25) is 10.0 Å². The van der Waals surface area contributed by atoms with Crippen LogP contribution in [0.25, 0.3) is 0 Å². The molecule has 0 heterocycles. The highest BCUT2D eigenvalue weighted by Crippen LogP contribution is 2.28. The Balaban J connectivity index is 1.92. The summed E-state index contributed by atoms with van der Waals surface area (Å²) in [5.74, 6) is -0.519. The largest absolute Gasteiger partial charge is 0.322 e. The predicted octanol–water partition coefficient (Wildman–Crippen LogP) is 3.46. The van der Waals surface area contributed by atoms with Crippen molar-refractivity contribution in [2.24, 2.45) is 5.73 Å². The molecule has 150 valence electrons. The zero-order valence-electron chi connectivity index (χ0n) is 15.5. The van der Waals surface area contributed by atoms with Gasteiger partial charge in [0.1, 0.15) is 0 Å². The van der Waals surface area contributed by atoms with Crippen LogP contribution in [0, 0.1) is 10.1 Å². The number of nitrogens with two attached hydrogens (primary N) is 1.